The summed E-state index contributed by atoms with van der Waals surface area (Å²) in [6, 6.07) is 9.60. The van der Waals surface area contributed by atoms with Crippen molar-refractivity contribution in [3.63, 3.8) is 0 Å². The standard InChI is InChI=1S/C17H21N3O/c1-17(7-10-18-11-8-17)12-20-16(21)14-6-2-4-13-5-3-9-19-15(13)14/h2-6,9,18H,7-8,10-12H2,1H3,(H,20,21). The lowest BCUT2D eigenvalue weighted by atomic mass is 9.81. The molecule has 1 saturated heterocycles. The van der Waals surface area contributed by atoms with Crippen molar-refractivity contribution in [1.82, 2.24) is 15.6 Å². The number of pyridine rings is 1. The van der Waals surface area contributed by atoms with Gasteiger partial charge in [0.15, 0.2) is 0 Å². The summed E-state index contributed by atoms with van der Waals surface area (Å²) in [6.07, 6.45) is 3.93. The summed E-state index contributed by atoms with van der Waals surface area (Å²) in [5, 5.41) is 7.45. The van der Waals surface area contributed by atoms with Crippen LogP contribution in [0.25, 0.3) is 10.9 Å². The molecule has 1 aromatic carbocycles. The van der Waals surface area contributed by atoms with Gasteiger partial charge in [-0.05, 0) is 43.5 Å². The van der Waals surface area contributed by atoms with E-state index >= 15 is 0 Å². The van der Waals surface area contributed by atoms with Crippen LogP contribution in [-0.2, 0) is 0 Å². The van der Waals surface area contributed by atoms with Gasteiger partial charge in [0.05, 0.1) is 11.1 Å². The van der Waals surface area contributed by atoms with Gasteiger partial charge in [-0.25, -0.2) is 0 Å². The number of piperidine rings is 1. The molecule has 2 heterocycles. The molecule has 110 valence electrons. The first kappa shape index (κ1) is 14.0. The molecule has 1 fully saturated rings. The topological polar surface area (TPSA) is 54.0 Å². The third-order valence-electron chi connectivity index (χ3n) is 4.36. The largest absolute Gasteiger partial charge is 0.351 e. The van der Waals surface area contributed by atoms with Gasteiger partial charge in [-0.15, -0.1) is 0 Å². The van der Waals surface area contributed by atoms with E-state index in [1.807, 2.05) is 30.3 Å². The highest BCUT2D eigenvalue weighted by atomic mass is 16.1. The molecule has 1 aromatic heterocycles. The molecule has 2 aromatic rings. The van der Waals surface area contributed by atoms with Gasteiger partial charge >= 0.3 is 0 Å². The molecule has 0 spiro atoms. The normalized spacial score (nSPS) is 17.6. The van der Waals surface area contributed by atoms with E-state index < -0.39 is 0 Å². The Balaban J connectivity index is 1.75. The second kappa shape index (κ2) is 5.82. The van der Waals surface area contributed by atoms with Crippen molar-refractivity contribution in [3.05, 3.63) is 42.1 Å². The van der Waals surface area contributed by atoms with E-state index in [2.05, 4.69) is 22.5 Å². The van der Waals surface area contributed by atoms with Gasteiger partial charge < -0.3 is 10.6 Å². The highest BCUT2D eigenvalue weighted by Gasteiger charge is 2.27. The van der Waals surface area contributed by atoms with Crippen LogP contribution in [0.5, 0.6) is 0 Å². The number of hydrogen-bond acceptors (Lipinski definition) is 3. The number of nitrogens with zero attached hydrogens (tertiary/aromatic N) is 1. The quantitative estimate of drug-likeness (QED) is 0.909. The Morgan fingerprint density at radius 2 is 2.05 bits per heavy atom. The number of carbonyl (C=O) groups excluding carboxylic acids is 1. The number of rotatable bonds is 3. The van der Waals surface area contributed by atoms with E-state index in [4.69, 9.17) is 0 Å². The predicted molar refractivity (Wildman–Crippen MR) is 84.3 cm³/mol. The summed E-state index contributed by atoms with van der Waals surface area (Å²) in [5.41, 5.74) is 1.62. The van der Waals surface area contributed by atoms with Crippen LogP contribution in [0.15, 0.2) is 36.5 Å². The van der Waals surface area contributed by atoms with Gasteiger partial charge in [0.25, 0.3) is 5.91 Å². The maximum absolute atomic E-state index is 12.5. The van der Waals surface area contributed by atoms with Crippen molar-refractivity contribution in [3.8, 4) is 0 Å². The molecule has 21 heavy (non-hydrogen) atoms. The monoisotopic (exact) mass is 283 g/mol. The number of amides is 1. The average Bonchev–Trinajstić information content (AvgIpc) is 2.53. The first-order valence-corrected chi connectivity index (χ1v) is 7.51. The molecular weight excluding hydrogens is 262 g/mol. The molecule has 2 N–H and O–H groups in total. The van der Waals surface area contributed by atoms with Crippen LogP contribution in [0.4, 0.5) is 0 Å². The van der Waals surface area contributed by atoms with Gasteiger partial charge in [0.2, 0.25) is 0 Å². The van der Waals surface area contributed by atoms with Crippen molar-refractivity contribution in [2.75, 3.05) is 19.6 Å². The third-order valence-corrected chi connectivity index (χ3v) is 4.36. The first-order chi connectivity index (χ1) is 10.2. The molecule has 4 heteroatoms. The molecule has 3 rings (SSSR count). The lowest BCUT2D eigenvalue weighted by molar-refractivity contribution is 0.0924. The lowest BCUT2D eigenvalue weighted by Gasteiger charge is -2.34. The molecule has 0 radical (unpaired) electrons. The number of nitrogens with one attached hydrogen (secondary N) is 2. The van der Waals surface area contributed by atoms with Crippen molar-refractivity contribution in [2.24, 2.45) is 5.41 Å². The minimum Gasteiger partial charge on any atom is -0.351 e. The van der Waals surface area contributed by atoms with Gasteiger partial charge in [-0.1, -0.05) is 25.1 Å². The summed E-state index contributed by atoms with van der Waals surface area (Å²) in [5.74, 6) is -0.0287. The Kier molecular flexibility index (Phi) is 3.88. The van der Waals surface area contributed by atoms with Crippen LogP contribution < -0.4 is 10.6 Å². The number of benzene rings is 1. The van der Waals surface area contributed by atoms with Crippen LogP contribution in [0.3, 0.4) is 0 Å². The van der Waals surface area contributed by atoms with Crippen molar-refractivity contribution in [2.45, 2.75) is 19.8 Å². The number of carbonyl (C=O) groups is 1. The highest BCUT2D eigenvalue weighted by molar-refractivity contribution is 6.05. The molecule has 0 bridgehead atoms. The molecule has 1 aliphatic rings. The van der Waals surface area contributed by atoms with Gasteiger partial charge in [0.1, 0.15) is 0 Å². The maximum Gasteiger partial charge on any atom is 0.253 e. The van der Waals surface area contributed by atoms with Crippen molar-refractivity contribution >= 4 is 16.8 Å². The molecule has 0 saturated carbocycles. The Morgan fingerprint density at radius 3 is 2.86 bits per heavy atom. The Morgan fingerprint density at radius 1 is 1.29 bits per heavy atom. The smallest absolute Gasteiger partial charge is 0.253 e. The second-order valence-corrected chi connectivity index (χ2v) is 6.12. The van der Waals surface area contributed by atoms with E-state index in [1.54, 1.807) is 6.20 Å². The number of para-hydroxylation sites is 1. The summed E-state index contributed by atoms with van der Waals surface area (Å²) in [4.78, 5) is 16.8. The zero-order valence-electron chi connectivity index (χ0n) is 12.4. The van der Waals surface area contributed by atoms with Crippen LogP contribution in [-0.4, -0.2) is 30.5 Å². The zero-order valence-corrected chi connectivity index (χ0v) is 12.4. The van der Waals surface area contributed by atoms with Crippen LogP contribution in [0.2, 0.25) is 0 Å². The number of hydrogen-bond donors (Lipinski definition) is 2. The Labute approximate surface area is 125 Å². The van der Waals surface area contributed by atoms with E-state index in [9.17, 15) is 4.79 Å². The summed E-state index contributed by atoms with van der Waals surface area (Å²) < 4.78 is 0. The fourth-order valence-corrected chi connectivity index (χ4v) is 2.88. The highest BCUT2D eigenvalue weighted by Crippen LogP contribution is 2.27. The minimum atomic E-state index is -0.0287. The fraction of sp³-hybridized carbons (Fsp3) is 0.412. The third kappa shape index (κ3) is 3.05. The fourth-order valence-electron chi connectivity index (χ4n) is 2.88. The molecule has 0 atom stereocenters. The molecule has 1 amide bonds. The molecular formula is C17H21N3O. The van der Waals surface area contributed by atoms with Crippen molar-refractivity contribution < 1.29 is 4.79 Å². The minimum absolute atomic E-state index is 0.0287. The first-order valence-electron chi connectivity index (χ1n) is 7.51. The van der Waals surface area contributed by atoms with E-state index in [0.717, 1.165) is 43.4 Å². The van der Waals surface area contributed by atoms with Gasteiger partial charge in [-0.2, -0.15) is 0 Å². The van der Waals surface area contributed by atoms with Crippen LogP contribution >= 0.6 is 0 Å². The maximum atomic E-state index is 12.5. The Hall–Kier alpha value is -1.94. The van der Waals surface area contributed by atoms with Crippen molar-refractivity contribution in [1.29, 1.82) is 0 Å². The summed E-state index contributed by atoms with van der Waals surface area (Å²) in [7, 11) is 0. The number of aromatic nitrogens is 1. The van der Waals surface area contributed by atoms with Crippen LogP contribution in [0.1, 0.15) is 30.1 Å². The van der Waals surface area contributed by atoms with Gasteiger partial charge in [0, 0.05) is 18.1 Å². The average molecular weight is 283 g/mol. The van der Waals surface area contributed by atoms with E-state index in [-0.39, 0.29) is 11.3 Å². The predicted octanol–water partition coefficient (Wildman–Crippen LogP) is 2.35. The molecule has 1 aliphatic heterocycles. The Bertz CT molecular complexity index is 642. The zero-order chi connectivity index (χ0) is 14.7. The molecule has 4 nitrogen and oxygen atoms in total. The summed E-state index contributed by atoms with van der Waals surface area (Å²) in [6.45, 7) is 5.02. The summed E-state index contributed by atoms with van der Waals surface area (Å²) >= 11 is 0. The molecule has 0 unspecified atom stereocenters. The van der Waals surface area contributed by atoms with Crippen LogP contribution in [0, 0.1) is 5.41 Å². The number of fused-ring (bicyclic) bond motifs is 1. The SMILES string of the molecule is CC1(CNC(=O)c2cccc3cccnc23)CCNCC1. The molecule has 0 aliphatic carbocycles. The van der Waals surface area contributed by atoms with Gasteiger partial charge in [-0.3, -0.25) is 9.78 Å². The second-order valence-electron chi connectivity index (χ2n) is 6.12. The van der Waals surface area contributed by atoms with E-state index in [1.165, 1.54) is 0 Å². The lowest BCUT2D eigenvalue weighted by Crippen LogP contribution is -2.42. The van der Waals surface area contributed by atoms with E-state index in [0.29, 0.717) is 5.56 Å².